The highest BCUT2D eigenvalue weighted by molar-refractivity contribution is 6.34. The second-order valence-electron chi connectivity index (χ2n) is 4.43. The van der Waals surface area contributed by atoms with E-state index in [1.807, 2.05) is 30.3 Å². The van der Waals surface area contributed by atoms with Crippen LogP contribution in [0.3, 0.4) is 0 Å². The van der Waals surface area contributed by atoms with Gasteiger partial charge in [-0.3, -0.25) is 0 Å². The van der Waals surface area contributed by atoms with Crippen LogP contribution in [-0.2, 0) is 0 Å². The molecule has 0 spiro atoms. The first kappa shape index (κ1) is 15.2. The minimum absolute atomic E-state index is 0.0781. The van der Waals surface area contributed by atoms with E-state index in [0.29, 0.717) is 15.8 Å². The maximum atomic E-state index is 6.03. The molecule has 1 N–H and O–H groups in total. The number of nitrogens with one attached hydrogen (secondary N) is 1. The summed E-state index contributed by atoms with van der Waals surface area (Å²) in [5.41, 5.74) is 1.12. The fourth-order valence-electron chi connectivity index (χ4n) is 1.93. The highest BCUT2D eigenvalue weighted by atomic mass is 35.5. The molecule has 0 heterocycles. The van der Waals surface area contributed by atoms with Crippen LogP contribution in [-0.4, -0.2) is 13.1 Å². The molecule has 0 saturated carbocycles. The van der Waals surface area contributed by atoms with E-state index in [0.717, 1.165) is 18.7 Å². The van der Waals surface area contributed by atoms with E-state index in [1.54, 1.807) is 18.2 Å². The quantitative estimate of drug-likeness (QED) is 0.833. The average molecular weight is 310 g/mol. The van der Waals surface area contributed by atoms with Crippen molar-refractivity contribution in [2.75, 3.05) is 13.1 Å². The fraction of sp³-hybridized carbons (Fsp3) is 0.250. The Bertz CT molecular complexity index is 525. The summed E-state index contributed by atoms with van der Waals surface area (Å²) in [5, 5.41) is 4.45. The average Bonchev–Trinajstić information content (AvgIpc) is 2.43. The summed E-state index contributed by atoms with van der Waals surface area (Å²) >= 11 is 12.0. The first-order valence-corrected chi connectivity index (χ1v) is 7.33. The lowest BCUT2D eigenvalue weighted by molar-refractivity contribution is 0.202. The van der Waals surface area contributed by atoms with Crippen LogP contribution in [0.25, 0.3) is 0 Å². The Labute approximate surface area is 129 Å². The summed E-state index contributed by atoms with van der Waals surface area (Å²) in [4.78, 5) is 0. The molecular weight excluding hydrogens is 293 g/mol. The number of hydrogen-bond donors (Lipinski definition) is 1. The van der Waals surface area contributed by atoms with Crippen LogP contribution in [0.5, 0.6) is 5.75 Å². The molecule has 0 amide bonds. The molecule has 0 aromatic heterocycles. The lowest BCUT2D eigenvalue weighted by Crippen LogP contribution is -2.24. The van der Waals surface area contributed by atoms with Crippen molar-refractivity contribution in [3.63, 3.8) is 0 Å². The minimum atomic E-state index is -0.0781. The van der Waals surface area contributed by atoms with E-state index in [2.05, 4.69) is 12.2 Å². The predicted octanol–water partition coefficient (Wildman–Crippen LogP) is 4.72. The van der Waals surface area contributed by atoms with Crippen molar-refractivity contribution in [2.24, 2.45) is 0 Å². The molecule has 2 aromatic carbocycles. The van der Waals surface area contributed by atoms with Gasteiger partial charge in [0.2, 0.25) is 0 Å². The molecule has 1 atom stereocenters. The zero-order valence-corrected chi connectivity index (χ0v) is 12.8. The van der Waals surface area contributed by atoms with Crippen LogP contribution in [0, 0.1) is 0 Å². The summed E-state index contributed by atoms with van der Waals surface area (Å²) < 4.78 is 6.03. The van der Waals surface area contributed by atoms with E-state index in [9.17, 15) is 0 Å². The molecule has 0 radical (unpaired) electrons. The molecule has 4 heteroatoms. The Kier molecular flexibility index (Phi) is 5.72. The van der Waals surface area contributed by atoms with Gasteiger partial charge in [0.05, 0.1) is 0 Å². The Hall–Kier alpha value is -1.22. The van der Waals surface area contributed by atoms with Gasteiger partial charge in [-0.2, -0.15) is 0 Å². The standard InChI is InChI=1S/C16H17Cl2NO/c1-2-19-11-16(12-6-4-3-5-7-12)20-15-9-13(17)8-14(18)10-15/h3-10,16,19H,2,11H2,1H3. The lowest BCUT2D eigenvalue weighted by atomic mass is 10.1. The van der Waals surface area contributed by atoms with Gasteiger partial charge in [-0.1, -0.05) is 60.5 Å². The van der Waals surface area contributed by atoms with Gasteiger partial charge >= 0.3 is 0 Å². The fourth-order valence-corrected chi connectivity index (χ4v) is 2.44. The third kappa shape index (κ3) is 4.41. The molecule has 0 bridgehead atoms. The van der Waals surface area contributed by atoms with Crippen LogP contribution in [0.2, 0.25) is 10.0 Å². The van der Waals surface area contributed by atoms with Crippen molar-refractivity contribution in [1.82, 2.24) is 5.32 Å². The molecule has 1 unspecified atom stereocenters. The van der Waals surface area contributed by atoms with E-state index in [4.69, 9.17) is 27.9 Å². The number of likely N-dealkylation sites (N-methyl/N-ethyl adjacent to an activating group) is 1. The Morgan fingerprint density at radius 1 is 1.05 bits per heavy atom. The van der Waals surface area contributed by atoms with Crippen LogP contribution in [0.1, 0.15) is 18.6 Å². The predicted molar refractivity (Wildman–Crippen MR) is 84.8 cm³/mol. The van der Waals surface area contributed by atoms with Crippen molar-refractivity contribution in [2.45, 2.75) is 13.0 Å². The second kappa shape index (κ2) is 7.53. The van der Waals surface area contributed by atoms with Crippen LogP contribution >= 0.6 is 23.2 Å². The molecule has 2 nitrogen and oxygen atoms in total. The van der Waals surface area contributed by atoms with Gasteiger partial charge < -0.3 is 10.1 Å². The summed E-state index contributed by atoms with van der Waals surface area (Å²) in [6.07, 6.45) is -0.0781. The van der Waals surface area contributed by atoms with Gasteiger partial charge in [-0.05, 0) is 30.3 Å². The monoisotopic (exact) mass is 309 g/mol. The Morgan fingerprint density at radius 2 is 1.70 bits per heavy atom. The van der Waals surface area contributed by atoms with Crippen LogP contribution < -0.4 is 10.1 Å². The Morgan fingerprint density at radius 3 is 2.30 bits per heavy atom. The molecule has 106 valence electrons. The summed E-state index contributed by atoms with van der Waals surface area (Å²) in [6, 6.07) is 15.3. The highest BCUT2D eigenvalue weighted by Crippen LogP contribution is 2.28. The van der Waals surface area contributed by atoms with E-state index in [1.165, 1.54) is 0 Å². The van der Waals surface area contributed by atoms with Gasteiger partial charge in [0.25, 0.3) is 0 Å². The summed E-state index contributed by atoms with van der Waals surface area (Å²) in [6.45, 7) is 3.69. The maximum absolute atomic E-state index is 6.03. The normalized spacial score (nSPS) is 12.2. The molecule has 2 rings (SSSR count). The van der Waals surface area contributed by atoms with Gasteiger partial charge in [0.15, 0.2) is 0 Å². The van der Waals surface area contributed by atoms with Gasteiger partial charge in [-0.15, -0.1) is 0 Å². The van der Waals surface area contributed by atoms with Crippen LogP contribution in [0.4, 0.5) is 0 Å². The topological polar surface area (TPSA) is 21.3 Å². The van der Waals surface area contributed by atoms with Crippen molar-refractivity contribution < 1.29 is 4.74 Å². The second-order valence-corrected chi connectivity index (χ2v) is 5.30. The molecule has 0 aliphatic rings. The third-order valence-corrected chi connectivity index (χ3v) is 3.30. The maximum Gasteiger partial charge on any atom is 0.136 e. The van der Waals surface area contributed by atoms with Crippen molar-refractivity contribution in [3.05, 3.63) is 64.1 Å². The first-order valence-electron chi connectivity index (χ1n) is 6.57. The first-order chi connectivity index (χ1) is 9.69. The van der Waals surface area contributed by atoms with Crippen LogP contribution in [0.15, 0.2) is 48.5 Å². The van der Waals surface area contributed by atoms with Gasteiger partial charge in [0, 0.05) is 16.6 Å². The largest absolute Gasteiger partial charge is 0.484 e. The molecular formula is C16H17Cl2NO. The Balaban J connectivity index is 2.19. The number of benzene rings is 2. The summed E-state index contributed by atoms with van der Waals surface area (Å²) in [7, 11) is 0. The van der Waals surface area contributed by atoms with E-state index >= 15 is 0 Å². The smallest absolute Gasteiger partial charge is 0.136 e. The zero-order valence-electron chi connectivity index (χ0n) is 11.3. The highest BCUT2D eigenvalue weighted by Gasteiger charge is 2.13. The number of halogens is 2. The molecule has 0 saturated heterocycles. The van der Waals surface area contributed by atoms with E-state index in [-0.39, 0.29) is 6.10 Å². The van der Waals surface area contributed by atoms with Crippen molar-refractivity contribution in [3.8, 4) is 5.75 Å². The number of rotatable bonds is 6. The molecule has 2 aromatic rings. The number of ether oxygens (including phenoxy) is 1. The third-order valence-electron chi connectivity index (χ3n) is 2.87. The van der Waals surface area contributed by atoms with Gasteiger partial charge in [-0.25, -0.2) is 0 Å². The molecule has 0 fully saturated rings. The van der Waals surface area contributed by atoms with Gasteiger partial charge in [0.1, 0.15) is 11.9 Å². The SMILES string of the molecule is CCNCC(Oc1cc(Cl)cc(Cl)c1)c1ccccc1. The van der Waals surface area contributed by atoms with Crippen molar-refractivity contribution in [1.29, 1.82) is 0 Å². The minimum Gasteiger partial charge on any atom is -0.484 e. The lowest BCUT2D eigenvalue weighted by Gasteiger charge is -2.20. The van der Waals surface area contributed by atoms with Crippen molar-refractivity contribution >= 4 is 23.2 Å². The van der Waals surface area contributed by atoms with E-state index < -0.39 is 0 Å². The summed E-state index contributed by atoms with van der Waals surface area (Å²) in [5.74, 6) is 0.675. The molecule has 0 aliphatic heterocycles. The zero-order chi connectivity index (χ0) is 14.4. The number of hydrogen-bond acceptors (Lipinski definition) is 2. The molecule has 20 heavy (non-hydrogen) atoms. The molecule has 0 aliphatic carbocycles.